The molecule has 7 heteroatoms. The highest BCUT2D eigenvalue weighted by molar-refractivity contribution is 7.18. The van der Waals surface area contributed by atoms with Crippen molar-refractivity contribution in [3.05, 3.63) is 107 Å². The molecule has 0 fully saturated rings. The van der Waals surface area contributed by atoms with E-state index in [2.05, 4.69) is 10.3 Å². The van der Waals surface area contributed by atoms with Crippen molar-refractivity contribution in [2.75, 3.05) is 0 Å². The van der Waals surface area contributed by atoms with Crippen LogP contribution in [0.1, 0.15) is 34.3 Å². The minimum absolute atomic E-state index is 0.174. The van der Waals surface area contributed by atoms with Gasteiger partial charge in [-0.3, -0.25) is 4.79 Å². The van der Waals surface area contributed by atoms with Crippen molar-refractivity contribution < 1.29 is 19.4 Å². The SMILES string of the molecule is CCC(NC(=O)c1ccc2ccccc2c1OCc1nc2ccccc2s1)(C(=O)O)c1ccccc1. The topological polar surface area (TPSA) is 88.5 Å². The maximum atomic E-state index is 13.6. The summed E-state index contributed by atoms with van der Waals surface area (Å²) < 4.78 is 7.30. The monoisotopic (exact) mass is 496 g/mol. The molecule has 0 saturated heterocycles. The molecule has 0 aliphatic carbocycles. The first kappa shape index (κ1) is 23.5. The highest BCUT2D eigenvalue weighted by atomic mass is 32.1. The fraction of sp³-hybridized carbons (Fsp3) is 0.138. The van der Waals surface area contributed by atoms with Crippen LogP contribution in [0.3, 0.4) is 0 Å². The number of rotatable bonds is 8. The van der Waals surface area contributed by atoms with Crippen LogP contribution >= 0.6 is 11.3 Å². The zero-order valence-corrected chi connectivity index (χ0v) is 20.4. The number of carboxylic acid groups (broad SMARTS) is 1. The predicted molar refractivity (Wildman–Crippen MR) is 141 cm³/mol. The molecule has 4 aromatic carbocycles. The summed E-state index contributed by atoms with van der Waals surface area (Å²) >= 11 is 1.54. The molecular weight excluding hydrogens is 472 g/mol. The van der Waals surface area contributed by atoms with Gasteiger partial charge in [-0.05, 0) is 35.6 Å². The zero-order valence-electron chi connectivity index (χ0n) is 19.6. The lowest BCUT2D eigenvalue weighted by Crippen LogP contribution is -2.51. The number of benzene rings is 4. The highest BCUT2D eigenvalue weighted by Gasteiger charge is 2.41. The Kier molecular flexibility index (Phi) is 6.40. The predicted octanol–water partition coefficient (Wildman–Crippen LogP) is 6.15. The van der Waals surface area contributed by atoms with Gasteiger partial charge >= 0.3 is 5.97 Å². The van der Waals surface area contributed by atoms with Crippen molar-refractivity contribution in [3.63, 3.8) is 0 Å². The van der Waals surface area contributed by atoms with E-state index in [4.69, 9.17) is 4.74 Å². The number of nitrogens with one attached hydrogen (secondary N) is 1. The van der Waals surface area contributed by atoms with Gasteiger partial charge in [-0.1, -0.05) is 79.7 Å². The van der Waals surface area contributed by atoms with Gasteiger partial charge in [0.1, 0.15) is 17.4 Å². The molecule has 5 aromatic rings. The van der Waals surface area contributed by atoms with Gasteiger partial charge in [-0.15, -0.1) is 11.3 Å². The van der Waals surface area contributed by atoms with Crippen LogP contribution in [0.4, 0.5) is 0 Å². The summed E-state index contributed by atoms with van der Waals surface area (Å²) in [6.07, 6.45) is 0.174. The van der Waals surface area contributed by atoms with Gasteiger partial charge in [0.15, 0.2) is 5.54 Å². The smallest absolute Gasteiger partial charge is 0.334 e. The molecule has 180 valence electrons. The summed E-state index contributed by atoms with van der Waals surface area (Å²) in [7, 11) is 0. The van der Waals surface area contributed by atoms with E-state index in [-0.39, 0.29) is 18.6 Å². The normalized spacial score (nSPS) is 12.8. The molecule has 0 saturated carbocycles. The van der Waals surface area contributed by atoms with E-state index in [9.17, 15) is 14.7 Å². The number of aromatic nitrogens is 1. The lowest BCUT2D eigenvalue weighted by molar-refractivity contribution is -0.145. The van der Waals surface area contributed by atoms with Gasteiger partial charge in [0.05, 0.1) is 15.8 Å². The molecule has 5 rings (SSSR count). The van der Waals surface area contributed by atoms with Crippen LogP contribution in [0.2, 0.25) is 0 Å². The highest BCUT2D eigenvalue weighted by Crippen LogP contribution is 2.33. The molecule has 0 spiro atoms. The quantitative estimate of drug-likeness (QED) is 0.269. The molecule has 6 nitrogen and oxygen atoms in total. The first-order chi connectivity index (χ1) is 17.5. The van der Waals surface area contributed by atoms with Crippen LogP contribution in [-0.4, -0.2) is 22.0 Å². The summed E-state index contributed by atoms with van der Waals surface area (Å²) in [4.78, 5) is 30.7. The second-order valence-electron chi connectivity index (χ2n) is 8.41. The number of amides is 1. The molecule has 0 bridgehead atoms. The number of hydrogen-bond acceptors (Lipinski definition) is 5. The summed E-state index contributed by atoms with van der Waals surface area (Å²) in [5.74, 6) is -1.25. The average Bonchev–Trinajstić information content (AvgIpc) is 3.33. The first-order valence-corrected chi connectivity index (χ1v) is 12.4. The van der Waals surface area contributed by atoms with Crippen molar-refractivity contribution in [3.8, 4) is 5.75 Å². The van der Waals surface area contributed by atoms with Crippen LogP contribution in [0, 0.1) is 0 Å². The maximum absolute atomic E-state index is 13.6. The molecular formula is C29H24N2O4S. The van der Waals surface area contributed by atoms with Crippen LogP contribution in [0.5, 0.6) is 5.75 Å². The number of aliphatic carboxylic acids is 1. The molecule has 0 radical (unpaired) electrons. The third-order valence-electron chi connectivity index (χ3n) is 6.29. The second kappa shape index (κ2) is 9.79. The van der Waals surface area contributed by atoms with Gasteiger partial charge < -0.3 is 15.2 Å². The fourth-order valence-corrected chi connectivity index (χ4v) is 5.25. The van der Waals surface area contributed by atoms with Crippen molar-refractivity contribution in [2.24, 2.45) is 0 Å². The Bertz CT molecular complexity index is 1530. The number of hydrogen-bond donors (Lipinski definition) is 2. The number of carboxylic acids is 1. The van der Waals surface area contributed by atoms with Crippen LogP contribution in [-0.2, 0) is 16.9 Å². The number of fused-ring (bicyclic) bond motifs is 2. The Morgan fingerprint density at radius 1 is 0.944 bits per heavy atom. The third-order valence-corrected chi connectivity index (χ3v) is 7.30. The molecule has 0 aliphatic rings. The number of nitrogens with zero attached hydrogens (tertiary/aromatic N) is 1. The lowest BCUT2D eigenvalue weighted by atomic mass is 9.86. The van der Waals surface area contributed by atoms with Crippen molar-refractivity contribution in [1.82, 2.24) is 10.3 Å². The lowest BCUT2D eigenvalue weighted by Gasteiger charge is -2.30. The van der Waals surface area contributed by atoms with E-state index in [1.807, 2.05) is 60.7 Å². The largest absolute Gasteiger partial charge is 0.485 e. The Hall–Kier alpha value is -4.23. The van der Waals surface area contributed by atoms with Crippen LogP contribution in [0.25, 0.3) is 21.0 Å². The standard InChI is InChI=1S/C29H24N2O4S/c1-2-29(28(33)34,20-11-4-3-5-12-20)31-27(32)22-17-16-19-10-6-7-13-21(19)26(22)35-18-25-30-23-14-8-9-15-24(23)36-25/h3-17H,2,18H2,1H3,(H,31,32)(H,33,34). The van der Waals surface area contributed by atoms with E-state index < -0.39 is 17.4 Å². The summed E-state index contributed by atoms with van der Waals surface area (Å²) in [6.45, 7) is 1.93. The summed E-state index contributed by atoms with van der Waals surface area (Å²) in [5.41, 5.74) is 0.0961. The minimum Gasteiger partial charge on any atom is -0.485 e. The van der Waals surface area contributed by atoms with E-state index in [1.54, 1.807) is 37.3 Å². The van der Waals surface area contributed by atoms with Gasteiger partial charge in [0.25, 0.3) is 5.91 Å². The minimum atomic E-state index is -1.58. The Morgan fingerprint density at radius 3 is 2.42 bits per heavy atom. The zero-order chi connectivity index (χ0) is 25.1. The number of ether oxygens (including phenoxy) is 1. The van der Waals surface area contributed by atoms with Gasteiger partial charge in [-0.25, -0.2) is 9.78 Å². The first-order valence-electron chi connectivity index (χ1n) is 11.6. The molecule has 1 unspecified atom stereocenters. The molecule has 1 amide bonds. The van der Waals surface area contributed by atoms with Crippen molar-refractivity contribution in [2.45, 2.75) is 25.5 Å². The Morgan fingerprint density at radius 2 is 1.67 bits per heavy atom. The number of thiazole rings is 1. The Balaban J connectivity index is 1.53. The molecule has 1 aromatic heterocycles. The molecule has 36 heavy (non-hydrogen) atoms. The van der Waals surface area contributed by atoms with E-state index in [0.29, 0.717) is 11.3 Å². The summed E-state index contributed by atoms with van der Waals surface area (Å²) in [6, 6.07) is 27.8. The van der Waals surface area contributed by atoms with E-state index in [0.717, 1.165) is 26.0 Å². The number of carbonyl (C=O) groups is 2. The number of carbonyl (C=O) groups excluding carboxylic acids is 1. The second-order valence-corrected chi connectivity index (χ2v) is 9.53. The Labute approximate surface area is 212 Å². The molecule has 0 aliphatic heterocycles. The van der Waals surface area contributed by atoms with E-state index in [1.165, 1.54) is 11.3 Å². The van der Waals surface area contributed by atoms with Crippen molar-refractivity contribution >= 4 is 44.2 Å². The maximum Gasteiger partial charge on any atom is 0.334 e. The van der Waals surface area contributed by atoms with Crippen LogP contribution < -0.4 is 10.1 Å². The van der Waals surface area contributed by atoms with Crippen molar-refractivity contribution in [1.29, 1.82) is 0 Å². The molecule has 1 atom stereocenters. The van der Waals surface area contributed by atoms with Gasteiger partial charge in [-0.2, -0.15) is 0 Å². The molecule has 1 heterocycles. The third kappa shape index (κ3) is 4.29. The average molecular weight is 497 g/mol. The summed E-state index contributed by atoms with van der Waals surface area (Å²) in [5, 5.41) is 15.5. The van der Waals surface area contributed by atoms with E-state index >= 15 is 0 Å². The van der Waals surface area contributed by atoms with Gasteiger partial charge in [0, 0.05) is 5.39 Å². The fourth-order valence-electron chi connectivity index (χ4n) is 4.37. The molecule has 2 N–H and O–H groups in total. The number of para-hydroxylation sites is 1. The van der Waals surface area contributed by atoms with Crippen LogP contribution in [0.15, 0.2) is 91.0 Å². The van der Waals surface area contributed by atoms with Gasteiger partial charge in [0.2, 0.25) is 0 Å².